The summed E-state index contributed by atoms with van der Waals surface area (Å²) in [7, 11) is 0. The monoisotopic (exact) mass is 340 g/mol. The zero-order valence-electron chi connectivity index (χ0n) is 14.6. The Morgan fingerprint density at radius 3 is 2.60 bits per heavy atom. The van der Waals surface area contributed by atoms with Crippen molar-refractivity contribution in [3.8, 4) is 0 Å². The topological polar surface area (TPSA) is 74.2 Å². The van der Waals surface area contributed by atoms with Crippen molar-refractivity contribution >= 4 is 17.7 Å². The minimum atomic E-state index is -0.135. The molecular formula is C18H24N6O. The highest BCUT2D eigenvalue weighted by Crippen LogP contribution is 2.16. The van der Waals surface area contributed by atoms with Crippen molar-refractivity contribution in [2.45, 2.75) is 19.8 Å². The first-order valence-corrected chi connectivity index (χ1v) is 8.80. The van der Waals surface area contributed by atoms with Gasteiger partial charge in [-0.1, -0.05) is 19.4 Å². The third-order valence-electron chi connectivity index (χ3n) is 4.23. The van der Waals surface area contributed by atoms with Crippen LogP contribution in [-0.2, 0) is 0 Å². The van der Waals surface area contributed by atoms with Gasteiger partial charge >= 0.3 is 0 Å². The molecule has 0 atom stereocenters. The van der Waals surface area contributed by atoms with Crippen LogP contribution in [0.15, 0.2) is 36.7 Å². The van der Waals surface area contributed by atoms with Gasteiger partial charge in [0.25, 0.3) is 5.91 Å². The Labute approximate surface area is 148 Å². The molecule has 132 valence electrons. The number of carbonyl (C=O) groups is 1. The minimum Gasteiger partial charge on any atom is -0.353 e. The van der Waals surface area contributed by atoms with Crippen LogP contribution in [0.1, 0.15) is 30.3 Å². The summed E-state index contributed by atoms with van der Waals surface area (Å²) in [5.41, 5.74) is 0.424. The van der Waals surface area contributed by atoms with Gasteiger partial charge in [0, 0.05) is 45.1 Å². The van der Waals surface area contributed by atoms with Gasteiger partial charge in [-0.2, -0.15) is 0 Å². The molecule has 7 heteroatoms. The fourth-order valence-corrected chi connectivity index (χ4v) is 2.77. The van der Waals surface area contributed by atoms with Crippen LogP contribution in [0.3, 0.4) is 0 Å². The lowest BCUT2D eigenvalue weighted by Crippen LogP contribution is -2.47. The maximum atomic E-state index is 12.2. The minimum absolute atomic E-state index is 0.135. The highest BCUT2D eigenvalue weighted by molar-refractivity contribution is 5.92. The van der Waals surface area contributed by atoms with E-state index in [0.717, 1.165) is 44.8 Å². The van der Waals surface area contributed by atoms with Crippen molar-refractivity contribution in [3.63, 3.8) is 0 Å². The number of amides is 1. The molecule has 25 heavy (non-hydrogen) atoms. The van der Waals surface area contributed by atoms with E-state index in [1.54, 1.807) is 12.3 Å². The molecule has 0 bridgehead atoms. The molecule has 1 amide bonds. The summed E-state index contributed by atoms with van der Waals surface area (Å²) in [5.74, 6) is 1.47. The molecule has 2 aromatic heterocycles. The van der Waals surface area contributed by atoms with Gasteiger partial charge in [0.15, 0.2) is 0 Å². The molecule has 0 aromatic carbocycles. The summed E-state index contributed by atoms with van der Waals surface area (Å²) >= 11 is 0. The van der Waals surface area contributed by atoms with Crippen LogP contribution >= 0.6 is 0 Å². The first-order valence-electron chi connectivity index (χ1n) is 8.80. The predicted molar refractivity (Wildman–Crippen MR) is 97.9 cm³/mol. The van der Waals surface area contributed by atoms with E-state index in [2.05, 4.69) is 37.0 Å². The van der Waals surface area contributed by atoms with Crippen LogP contribution in [0.4, 0.5) is 11.8 Å². The van der Waals surface area contributed by atoms with E-state index in [-0.39, 0.29) is 5.91 Å². The van der Waals surface area contributed by atoms with Crippen LogP contribution in [0.5, 0.6) is 0 Å². The van der Waals surface area contributed by atoms with Crippen LogP contribution in [0.25, 0.3) is 0 Å². The van der Waals surface area contributed by atoms with Crippen LogP contribution in [0, 0.1) is 0 Å². The molecule has 7 nitrogen and oxygen atoms in total. The number of hydrogen-bond acceptors (Lipinski definition) is 6. The first-order chi connectivity index (χ1) is 12.3. The van der Waals surface area contributed by atoms with Crippen molar-refractivity contribution < 1.29 is 4.79 Å². The number of pyridine rings is 1. The lowest BCUT2D eigenvalue weighted by molar-refractivity contribution is 0.0948. The van der Waals surface area contributed by atoms with Crippen molar-refractivity contribution in [1.82, 2.24) is 20.3 Å². The molecular weight excluding hydrogens is 316 g/mol. The molecule has 1 aliphatic rings. The zero-order valence-corrected chi connectivity index (χ0v) is 14.6. The Morgan fingerprint density at radius 1 is 1.08 bits per heavy atom. The molecule has 0 unspecified atom stereocenters. The number of piperazine rings is 1. The summed E-state index contributed by atoms with van der Waals surface area (Å²) in [6, 6.07) is 7.60. The lowest BCUT2D eigenvalue weighted by atomic mass is 10.3. The Kier molecular flexibility index (Phi) is 5.77. The third kappa shape index (κ3) is 4.43. The molecule has 1 aliphatic heterocycles. The summed E-state index contributed by atoms with van der Waals surface area (Å²) in [5, 5.41) is 2.89. The van der Waals surface area contributed by atoms with Gasteiger partial charge in [-0.05, 0) is 24.6 Å². The van der Waals surface area contributed by atoms with E-state index in [4.69, 9.17) is 0 Å². The first kappa shape index (κ1) is 17.1. The average Bonchev–Trinajstić information content (AvgIpc) is 2.69. The summed E-state index contributed by atoms with van der Waals surface area (Å²) in [6.45, 7) is 6.09. The molecule has 1 fully saturated rings. The van der Waals surface area contributed by atoms with Crippen molar-refractivity contribution in [2.75, 3.05) is 42.5 Å². The van der Waals surface area contributed by atoms with Gasteiger partial charge < -0.3 is 15.1 Å². The van der Waals surface area contributed by atoms with E-state index < -0.39 is 0 Å². The number of unbranched alkanes of at least 4 members (excludes halogenated alkanes) is 1. The Balaban J connectivity index is 1.60. The van der Waals surface area contributed by atoms with Gasteiger partial charge in [-0.25, -0.2) is 15.0 Å². The van der Waals surface area contributed by atoms with E-state index in [1.165, 1.54) is 0 Å². The number of carbonyl (C=O) groups excluding carboxylic acids is 1. The van der Waals surface area contributed by atoms with Crippen LogP contribution in [0.2, 0.25) is 0 Å². The van der Waals surface area contributed by atoms with Gasteiger partial charge in [-0.3, -0.25) is 4.79 Å². The predicted octanol–water partition coefficient (Wildman–Crippen LogP) is 1.73. The van der Waals surface area contributed by atoms with Crippen LogP contribution in [-0.4, -0.2) is 53.6 Å². The van der Waals surface area contributed by atoms with Gasteiger partial charge in [0.2, 0.25) is 5.95 Å². The molecule has 0 spiro atoms. The number of rotatable bonds is 6. The maximum Gasteiger partial charge on any atom is 0.270 e. The van der Waals surface area contributed by atoms with E-state index in [0.29, 0.717) is 18.2 Å². The molecule has 0 aliphatic carbocycles. The standard InChI is InChI=1S/C18H24N6O/c1-2-3-8-20-17(25)15-7-10-21-18(22-15)24-13-11-23(12-14-24)16-6-4-5-9-19-16/h4-7,9-10H,2-3,8,11-14H2,1H3,(H,20,25). The van der Waals surface area contributed by atoms with Crippen molar-refractivity contribution in [3.05, 3.63) is 42.4 Å². The molecule has 3 heterocycles. The van der Waals surface area contributed by atoms with Gasteiger partial charge in [0.1, 0.15) is 11.5 Å². The summed E-state index contributed by atoms with van der Waals surface area (Å²) in [4.78, 5) is 29.7. The normalized spacial score (nSPS) is 14.4. The summed E-state index contributed by atoms with van der Waals surface area (Å²) in [6.07, 6.45) is 5.49. The SMILES string of the molecule is CCCCNC(=O)c1ccnc(N2CCN(c3ccccn3)CC2)n1. The highest BCUT2D eigenvalue weighted by atomic mass is 16.1. The van der Waals surface area contributed by atoms with Crippen molar-refractivity contribution in [1.29, 1.82) is 0 Å². The molecule has 0 saturated carbocycles. The Morgan fingerprint density at radius 2 is 1.88 bits per heavy atom. The number of nitrogens with zero attached hydrogens (tertiary/aromatic N) is 5. The smallest absolute Gasteiger partial charge is 0.270 e. The molecule has 1 N–H and O–H groups in total. The molecule has 2 aromatic rings. The number of nitrogens with one attached hydrogen (secondary N) is 1. The second-order valence-corrected chi connectivity index (χ2v) is 6.01. The quantitative estimate of drug-likeness (QED) is 0.807. The van der Waals surface area contributed by atoms with Gasteiger partial charge in [-0.15, -0.1) is 0 Å². The Bertz CT molecular complexity index is 685. The molecule has 1 saturated heterocycles. The van der Waals surface area contributed by atoms with E-state index in [1.807, 2.05) is 24.4 Å². The summed E-state index contributed by atoms with van der Waals surface area (Å²) < 4.78 is 0. The molecule has 0 radical (unpaired) electrons. The fourth-order valence-electron chi connectivity index (χ4n) is 2.77. The largest absolute Gasteiger partial charge is 0.353 e. The van der Waals surface area contributed by atoms with Gasteiger partial charge in [0.05, 0.1) is 0 Å². The fraction of sp³-hybridized carbons (Fsp3) is 0.444. The maximum absolute atomic E-state index is 12.2. The zero-order chi connectivity index (χ0) is 17.5. The second kappa shape index (κ2) is 8.41. The average molecular weight is 340 g/mol. The highest BCUT2D eigenvalue weighted by Gasteiger charge is 2.20. The number of anilines is 2. The van der Waals surface area contributed by atoms with E-state index >= 15 is 0 Å². The molecule has 3 rings (SSSR count). The van der Waals surface area contributed by atoms with Crippen molar-refractivity contribution in [2.24, 2.45) is 0 Å². The Hall–Kier alpha value is -2.70. The second-order valence-electron chi connectivity index (χ2n) is 6.01. The van der Waals surface area contributed by atoms with Crippen LogP contribution < -0.4 is 15.1 Å². The number of aromatic nitrogens is 3. The lowest BCUT2D eigenvalue weighted by Gasteiger charge is -2.35. The van der Waals surface area contributed by atoms with E-state index in [9.17, 15) is 4.79 Å². The third-order valence-corrected chi connectivity index (χ3v) is 4.23. The number of hydrogen-bond donors (Lipinski definition) is 1.